The highest BCUT2D eigenvalue weighted by molar-refractivity contribution is 5.91. The molecule has 1 saturated heterocycles. The van der Waals surface area contributed by atoms with Gasteiger partial charge in [-0.15, -0.1) is 0 Å². The van der Waals surface area contributed by atoms with Gasteiger partial charge in [-0.25, -0.2) is 4.79 Å². The number of aliphatic hydroxyl groups is 1. The zero-order chi connectivity index (χ0) is 33.4. The number of hydrogen-bond donors (Lipinski definition) is 3. The van der Waals surface area contributed by atoms with E-state index in [0.29, 0.717) is 43.2 Å². The molecule has 0 unspecified atom stereocenters. The molecule has 252 valence electrons. The predicted molar refractivity (Wildman–Crippen MR) is 166 cm³/mol. The van der Waals surface area contributed by atoms with Gasteiger partial charge in [0.15, 0.2) is 0 Å². The highest BCUT2D eigenvalue weighted by atomic mass is 19.4. The van der Waals surface area contributed by atoms with Crippen LogP contribution >= 0.6 is 0 Å². The molecule has 14 heteroatoms. The Kier molecular flexibility index (Phi) is 11.9. The van der Waals surface area contributed by atoms with Gasteiger partial charge in [0, 0.05) is 62.5 Å². The molecule has 0 aromatic heterocycles. The number of halogens is 3. The minimum atomic E-state index is -4.49. The quantitative estimate of drug-likeness (QED) is 0.379. The van der Waals surface area contributed by atoms with Crippen molar-refractivity contribution in [2.45, 2.75) is 45.0 Å². The summed E-state index contributed by atoms with van der Waals surface area (Å²) >= 11 is 0. The molecule has 2 aliphatic rings. The van der Waals surface area contributed by atoms with Crippen LogP contribution in [0.2, 0.25) is 0 Å². The van der Waals surface area contributed by atoms with Gasteiger partial charge in [0.25, 0.3) is 0 Å². The summed E-state index contributed by atoms with van der Waals surface area (Å²) in [5.41, 5.74) is 0.437. The van der Waals surface area contributed by atoms with Gasteiger partial charge in [-0.05, 0) is 49.4 Å². The van der Waals surface area contributed by atoms with Crippen molar-refractivity contribution >= 4 is 29.2 Å². The Bertz CT molecular complexity index is 1350. The second-order valence-corrected chi connectivity index (χ2v) is 11.8. The summed E-state index contributed by atoms with van der Waals surface area (Å²) in [4.78, 5) is 44.3. The van der Waals surface area contributed by atoms with Crippen LogP contribution in [0.25, 0.3) is 0 Å². The Balaban J connectivity index is 1.49. The number of likely N-dealkylation sites (N-methyl/N-ethyl adjacent to an activating group) is 1. The standard InChI is InChI=1S/C32H42F3N5O6/c1-21-18-40(22(2)20-41)30(43)17-23-16-26(36-29(42)10-11-39-12-14-45-15-13-39)8-9-27(23)46-28(21)19-38(3)31(44)37-25-6-4-24(5-7-25)32(33,34)35/h4-9,16,21-22,28,41H,10-15,17-20H2,1-3H3,(H,36,42)(H,37,44)/t21-,22+,28+/m1/s1. The Morgan fingerprint density at radius 3 is 2.41 bits per heavy atom. The monoisotopic (exact) mass is 649 g/mol. The molecule has 11 nitrogen and oxygen atoms in total. The molecule has 2 aromatic rings. The molecule has 2 aromatic carbocycles. The Labute approximate surface area is 266 Å². The van der Waals surface area contributed by atoms with Crippen LogP contribution in [0.4, 0.5) is 29.3 Å². The summed E-state index contributed by atoms with van der Waals surface area (Å²) in [6.45, 7) is 7.16. The van der Waals surface area contributed by atoms with E-state index in [1.165, 1.54) is 24.1 Å². The SMILES string of the molecule is C[C@@H]1CN([C@@H](C)CO)C(=O)Cc2cc(NC(=O)CCN3CCOCC3)ccc2O[C@H]1CN(C)C(=O)Nc1ccc(C(F)(F)F)cc1. The number of nitrogens with one attached hydrogen (secondary N) is 2. The molecule has 46 heavy (non-hydrogen) atoms. The number of anilines is 2. The number of morpholine rings is 1. The van der Waals surface area contributed by atoms with E-state index in [0.717, 1.165) is 25.2 Å². The normalized spacial score (nSPS) is 20.0. The number of amides is 4. The van der Waals surface area contributed by atoms with Crippen LogP contribution in [-0.4, -0.2) is 109 Å². The maximum atomic E-state index is 13.5. The summed E-state index contributed by atoms with van der Waals surface area (Å²) in [5, 5.41) is 15.4. The van der Waals surface area contributed by atoms with Crippen molar-refractivity contribution in [2.24, 2.45) is 5.92 Å². The van der Waals surface area contributed by atoms with Crippen LogP contribution in [0.3, 0.4) is 0 Å². The van der Waals surface area contributed by atoms with Gasteiger partial charge in [0.1, 0.15) is 11.9 Å². The summed E-state index contributed by atoms with van der Waals surface area (Å²) in [6.07, 6.45) is -4.82. The molecule has 0 saturated carbocycles. The van der Waals surface area contributed by atoms with E-state index < -0.39 is 29.9 Å². The Hall–Kier alpha value is -3.88. The summed E-state index contributed by atoms with van der Waals surface area (Å²) in [5.74, 6) is -0.246. The van der Waals surface area contributed by atoms with Gasteiger partial charge in [0.2, 0.25) is 11.8 Å². The molecule has 4 rings (SSSR count). The zero-order valence-corrected chi connectivity index (χ0v) is 26.3. The highest BCUT2D eigenvalue weighted by Gasteiger charge is 2.33. The van der Waals surface area contributed by atoms with Gasteiger partial charge in [0.05, 0.1) is 44.4 Å². The van der Waals surface area contributed by atoms with Gasteiger partial charge in [-0.1, -0.05) is 6.92 Å². The fraction of sp³-hybridized carbons (Fsp3) is 0.531. The van der Waals surface area contributed by atoms with Gasteiger partial charge in [-0.3, -0.25) is 14.5 Å². The fourth-order valence-electron chi connectivity index (χ4n) is 5.35. The molecule has 4 amide bonds. The van der Waals surface area contributed by atoms with E-state index in [1.807, 2.05) is 6.92 Å². The van der Waals surface area contributed by atoms with Crippen LogP contribution in [0.1, 0.15) is 31.4 Å². The summed E-state index contributed by atoms with van der Waals surface area (Å²) in [7, 11) is 1.54. The lowest BCUT2D eigenvalue weighted by Gasteiger charge is -2.34. The minimum Gasteiger partial charge on any atom is -0.488 e. The number of aliphatic hydroxyl groups excluding tert-OH is 1. The lowest BCUT2D eigenvalue weighted by atomic mass is 10.0. The molecule has 2 aliphatic heterocycles. The largest absolute Gasteiger partial charge is 0.488 e. The van der Waals surface area contributed by atoms with Crippen LogP contribution in [0, 0.1) is 5.92 Å². The van der Waals surface area contributed by atoms with E-state index in [2.05, 4.69) is 15.5 Å². The minimum absolute atomic E-state index is 0.0269. The zero-order valence-electron chi connectivity index (χ0n) is 26.3. The van der Waals surface area contributed by atoms with Crippen LogP contribution in [0.15, 0.2) is 42.5 Å². The molecular formula is C32H42F3N5O6. The molecule has 0 spiro atoms. The van der Waals surface area contributed by atoms with Crippen LogP contribution < -0.4 is 15.4 Å². The van der Waals surface area contributed by atoms with Crippen molar-refractivity contribution in [3.8, 4) is 5.75 Å². The fourth-order valence-corrected chi connectivity index (χ4v) is 5.35. The smallest absolute Gasteiger partial charge is 0.416 e. The van der Waals surface area contributed by atoms with Gasteiger partial charge in [-0.2, -0.15) is 13.2 Å². The van der Waals surface area contributed by atoms with Crippen molar-refractivity contribution in [1.82, 2.24) is 14.7 Å². The van der Waals surface area contributed by atoms with Crippen molar-refractivity contribution in [2.75, 3.05) is 70.2 Å². The number of hydrogen-bond acceptors (Lipinski definition) is 7. The van der Waals surface area contributed by atoms with E-state index in [-0.39, 0.29) is 49.5 Å². The van der Waals surface area contributed by atoms with E-state index in [9.17, 15) is 32.7 Å². The molecule has 2 heterocycles. The first-order chi connectivity index (χ1) is 21.8. The van der Waals surface area contributed by atoms with Crippen LogP contribution in [-0.2, 0) is 26.9 Å². The first-order valence-corrected chi connectivity index (χ1v) is 15.3. The number of nitrogens with zero attached hydrogens (tertiary/aromatic N) is 3. The summed E-state index contributed by atoms with van der Waals surface area (Å²) in [6, 6.07) is 8.22. The number of urea groups is 1. The molecule has 3 N–H and O–H groups in total. The number of alkyl halides is 3. The van der Waals surface area contributed by atoms with E-state index >= 15 is 0 Å². The Morgan fingerprint density at radius 1 is 1.09 bits per heavy atom. The summed E-state index contributed by atoms with van der Waals surface area (Å²) < 4.78 is 50.6. The van der Waals surface area contributed by atoms with E-state index in [1.54, 1.807) is 30.0 Å². The number of carbonyl (C=O) groups is 3. The maximum Gasteiger partial charge on any atom is 0.416 e. The first-order valence-electron chi connectivity index (χ1n) is 15.3. The predicted octanol–water partition coefficient (Wildman–Crippen LogP) is 3.68. The molecule has 0 bridgehead atoms. The van der Waals surface area contributed by atoms with E-state index in [4.69, 9.17) is 9.47 Å². The number of rotatable bonds is 9. The first kappa shape index (κ1) is 35.0. The Morgan fingerprint density at radius 2 is 1.76 bits per heavy atom. The van der Waals surface area contributed by atoms with Crippen LogP contribution in [0.5, 0.6) is 5.75 Å². The maximum absolute atomic E-state index is 13.5. The second kappa shape index (κ2) is 15.6. The molecule has 1 fully saturated rings. The number of benzene rings is 2. The number of ether oxygens (including phenoxy) is 2. The van der Waals surface area contributed by atoms with Crippen molar-refractivity contribution in [3.63, 3.8) is 0 Å². The van der Waals surface area contributed by atoms with Crippen molar-refractivity contribution in [1.29, 1.82) is 0 Å². The lowest BCUT2D eigenvalue weighted by molar-refractivity contribution is -0.137. The third kappa shape index (κ3) is 9.56. The number of fused-ring (bicyclic) bond motifs is 1. The average molecular weight is 650 g/mol. The van der Waals surface area contributed by atoms with Gasteiger partial charge >= 0.3 is 12.2 Å². The van der Waals surface area contributed by atoms with Gasteiger partial charge < -0.3 is 35.0 Å². The van der Waals surface area contributed by atoms with Crippen molar-refractivity contribution < 1.29 is 42.1 Å². The number of carbonyl (C=O) groups excluding carboxylic acids is 3. The second-order valence-electron chi connectivity index (χ2n) is 11.8. The average Bonchev–Trinajstić information content (AvgIpc) is 3.07. The molecular weight excluding hydrogens is 607 g/mol. The van der Waals surface area contributed by atoms with Crippen molar-refractivity contribution in [3.05, 3.63) is 53.6 Å². The third-order valence-electron chi connectivity index (χ3n) is 8.22. The third-order valence-corrected chi connectivity index (χ3v) is 8.22. The molecule has 0 aliphatic carbocycles. The highest BCUT2D eigenvalue weighted by Crippen LogP contribution is 2.31. The molecule has 3 atom stereocenters. The molecule has 0 radical (unpaired) electrons. The lowest BCUT2D eigenvalue weighted by Crippen LogP contribution is -2.48. The topological polar surface area (TPSA) is 124 Å².